The number of alkyl halides is 1. The lowest BCUT2D eigenvalue weighted by Crippen LogP contribution is -2.26. The lowest BCUT2D eigenvalue weighted by molar-refractivity contribution is 0.198. The number of aromatic hydroxyl groups is 1. The fourth-order valence-electron chi connectivity index (χ4n) is 5.45. The van der Waals surface area contributed by atoms with Gasteiger partial charge >= 0.3 is 0 Å². The topological polar surface area (TPSA) is 32.7 Å². The summed E-state index contributed by atoms with van der Waals surface area (Å²) in [6.07, 6.45) is 2.66. The highest BCUT2D eigenvalue weighted by atomic mass is 32.2. The number of halogens is 1. The highest BCUT2D eigenvalue weighted by Gasteiger charge is 2.25. The molecule has 0 radical (unpaired) electrons. The summed E-state index contributed by atoms with van der Waals surface area (Å²) < 4.78 is 18.9. The van der Waals surface area contributed by atoms with Crippen LogP contribution in [-0.4, -0.2) is 48.2 Å². The molecule has 0 saturated carbocycles. The van der Waals surface area contributed by atoms with Crippen LogP contribution in [0.1, 0.15) is 62.3 Å². The molecule has 200 valence electrons. The molecule has 3 aromatic rings. The van der Waals surface area contributed by atoms with Crippen LogP contribution in [-0.2, 0) is 5.41 Å². The second kappa shape index (κ2) is 11.5. The summed E-state index contributed by atoms with van der Waals surface area (Å²) in [7, 11) is 0. The SMILES string of the molecule is CC(C)(C)c1ccc(C2=C(c3ccc(O[C@H]4CCN(CCCF)C4)cc3)c3ccc(O)cc3SCC2)cc1. The smallest absolute Gasteiger partial charge is 0.119 e. The van der Waals surface area contributed by atoms with E-state index < -0.39 is 0 Å². The van der Waals surface area contributed by atoms with E-state index in [-0.39, 0.29) is 18.2 Å². The average Bonchev–Trinajstić information content (AvgIpc) is 3.26. The predicted molar refractivity (Wildman–Crippen MR) is 157 cm³/mol. The molecular formula is C33H38FNO2S. The molecule has 0 spiro atoms. The first-order valence-electron chi connectivity index (χ1n) is 13.7. The number of allylic oxidation sites excluding steroid dienone is 1. The quantitative estimate of drug-likeness (QED) is 0.335. The highest BCUT2D eigenvalue weighted by Crippen LogP contribution is 2.44. The van der Waals surface area contributed by atoms with E-state index >= 15 is 0 Å². The zero-order chi connectivity index (χ0) is 26.7. The van der Waals surface area contributed by atoms with E-state index in [0.717, 1.165) is 60.0 Å². The van der Waals surface area contributed by atoms with E-state index in [1.165, 1.54) is 22.3 Å². The number of hydrogen-bond acceptors (Lipinski definition) is 4. The second-order valence-corrected chi connectivity index (χ2v) is 12.5. The maximum atomic E-state index is 12.5. The molecule has 1 N–H and O–H groups in total. The van der Waals surface area contributed by atoms with Crippen LogP contribution < -0.4 is 4.74 Å². The van der Waals surface area contributed by atoms with Gasteiger partial charge in [0.1, 0.15) is 17.6 Å². The minimum absolute atomic E-state index is 0.110. The van der Waals surface area contributed by atoms with Gasteiger partial charge in [0.15, 0.2) is 0 Å². The van der Waals surface area contributed by atoms with Crippen molar-refractivity contribution in [3.8, 4) is 11.5 Å². The third kappa shape index (κ3) is 6.10. The van der Waals surface area contributed by atoms with Gasteiger partial charge in [-0.3, -0.25) is 9.29 Å². The molecule has 5 rings (SSSR count). The summed E-state index contributed by atoms with van der Waals surface area (Å²) in [5.74, 6) is 2.13. The molecule has 3 nitrogen and oxygen atoms in total. The molecular weight excluding hydrogens is 493 g/mol. The van der Waals surface area contributed by atoms with E-state index in [1.54, 1.807) is 17.8 Å². The van der Waals surface area contributed by atoms with Gasteiger partial charge in [-0.1, -0.05) is 57.2 Å². The molecule has 0 unspecified atom stereocenters. The molecule has 2 aliphatic heterocycles. The number of fused-ring (bicyclic) bond motifs is 1. The molecule has 2 heterocycles. The van der Waals surface area contributed by atoms with Crippen LogP contribution >= 0.6 is 11.8 Å². The molecule has 1 fully saturated rings. The first kappa shape index (κ1) is 26.8. The van der Waals surface area contributed by atoms with Gasteiger partial charge in [-0.05, 0) is 88.4 Å². The number of ether oxygens (including phenoxy) is 1. The Hall–Kier alpha value is -2.76. The van der Waals surface area contributed by atoms with Crippen molar-refractivity contribution in [1.29, 1.82) is 0 Å². The third-order valence-electron chi connectivity index (χ3n) is 7.53. The fraction of sp³-hybridized carbons (Fsp3) is 0.394. The van der Waals surface area contributed by atoms with Crippen LogP contribution in [0, 0.1) is 0 Å². The summed E-state index contributed by atoms with van der Waals surface area (Å²) in [5, 5.41) is 10.2. The minimum atomic E-state index is -0.261. The Morgan fingerprint density at radius 1 is 1.00 bits per heavy atom. The van der Waals surface area contributed by atoms with Gasteiger partial charge in [0.25, 0.3) is 0 Å². The zero-order valence-electron chi connectivity index (χ0n) is 22.7. The van der Waals surface area contributed by atoms with Gasteiger partial charge in [0, 0.05) is 30.3 Å². The molecule has 38 heavy (non-hydrogen) atoms. The standard InChI is InChI=1S/C33H38FNO2S/c1-33(2,3)25-9-5-23(6-10-25)29-16-20-38-31-21-26(36)11-14-30(31)32(29)24-7-12-27(13-8-24)37-28-15-19-35(22-28)18-4-17-34/h5-14,21,28,36H,4,15-20,22H2,1-3H3/t28-/m0/s1. The van der Waals surface area contributed by atoms with Crippen LogP contribution in [0.3, 0.4) is 0 Å². The van der Waals surface area contributed by atoms with Gasteiger partial charge in [-0.2, -0.15) is 0 Å². The van der Waals surface area contributed by atoms with Crippen molar-refractivity contribution in [3.63, 3.8) is 0 Å². The number of nitrogens with zero attached hydrogens (tertiary/aromatic N) is 1. The monoisotopic (exact) mass is 531 g/mol. The Kier molecular flexibility index (Phi) is 8.15. The lowest BCUT2D eigenvalue weighted by atomic mass is 9.84. The van der Waals surface area contributed by atoms with E-state index in [1.807, 2.05) is 6.07 Å². The molecule has 1 saturated heterocycles. The normalized spacial score (nSPS) is 18.4. The number of phenols is 1. The molecule has 5 heteroatoms. The van der Waals surface area contributed by atoms with Crippen LogP contribution in [0.5, 0.6) is 11.5 Å². The molecule has 0 aromatic heterocycles. The van der Waals surface area contributed by atoms with E-state index in [2.05, 4.69) is 80.3 Å². The van der Waals surface area contributed by atoms with Crippen molar-refractivity contribution in [2.45, 2.75) is 56.4 Å². The lowest BCUT2D eigenvalue weighted by Gasteiger charge is -2.21. The molecule has 0 aliphatic carbocycles. The number of thioether (sulfide) groups is 1. The van der Waals surface area contributed by atoms with Gasteiger partial charge in [0.2, 0.25) is 0 Å². The van der Waals surface area contributed by atoms with Crippen molar-refractivity contribution >= 4 is 22.9 Å². The van der Waals surface area contributed by atoms with Crippen molar-refractivity contribution in [2.75, 3.05) is 32.1 Å². The zero-order valence-corrected chi connectivity index (χ0v) is 23.5. The van der Waals surface area contributed by atoms with Crippen LogP contribution in [0.15, 0.2) is 71.6 Å². The van der Waals surface area contributed by atoms with Crippen molar-refractivity contribution in [1.82, 2.24) is 4.90 Å². The largest absolute Gasteiger partial charge is 0.508 e. The first-order chi connectivity index (χ1) is 18.3. The highest BCUT2D eigenvalue weighted by molar-refractivity contribution is 7.99. The first-order valence-corrected chi connectivity index (χ1v) is 14.7. The maximum Gasteiger partial charge on any atom is 0.119 e. The van der Waals surface area contributed by atoms with Gasteiger partial charge in [-0.25, -0.2) is 0 Å². The van der Waals surface area contributed by atoms with Crippen molar-refractivity contribution in [2.24, 2.45) is 0 Å². The summed E-state index contributed by atoms with van der Waals surface area (Å²) in [4.78, 5) is 3.40. The summed E-state index contributed by atoms with van der Waals surface area (Å²) in [6, 6.07) is 23.2. The maximum absolute atomic E-state index is 12.5. The Labute approximate surface area is 230 Å². The third-order valence-corrected chi connectivity index (χ3v) is 8.59. The average molecular weight is 532 g/mol. The van der Waals surface area contributed by atoms with E-state index in [4.69, 9.17) is 4.74 Å². The Balaban J connectivity index is 1.47. The number of benzene rings is 3. The van der Waals surface area contributed by atoms with Gasteiger partial charge in [-0.15, -0.1) is 11.8 Å². The van der Waals surface area contributed by atoms with E-state index in [0.29, 0.717) is 12.2 Å². The molecule has 2 aliphatic rings. The van der Waals surface area contributed by atoms with Crippen molar-refractivity contribution < 1.29 is 14.2 Å². The Morgan fingerprint density at radius 2 is 1.74 bits per heavy atom. The Morgan fingerprint density at radius 3 is 2.45 bits per heavy atom. The van der Waals surface area contributed by atoms with Gasteiger partial charge in [0.05, 0.1) is 6.67 Å². The number of likely N-dealkylation sites (tertiary alicyclic amines) is 1. The second-order valence-electron chi connectivity index (χ2n) is 11.4. The Bertz CT molecular complexity index is 1280. The van der Waals surface area contributed by atoms with Crippen LogP contribution in [0.4, 0.5) is 4.39 Å². The summed E-state index contributed by atoms with van der Waals surface area (Å²) >= 11 is 1.80. The molecule has 1 atom stereocenters. The van der Waals surface area contributed by atoms with Gasteiger partial charge < -0.3 is 9.84 Å². The molecule has 0 amide bonds. The summed E-state index contributed by atoms with van der Waals surface area (Å²) in [6.45, 7) is 9.10. The molecule has 0 bridgehead atoms. The summed E-state index contributed by atoms with van der Waals surface area (Å²) in [5.41, 5.74) is 7.54. The van der Waals surface area contributed by atoms with Crippen LogP contribution in [0.2, 0.25) is 0 Å². The number of phenolic OH excluding ortho intramolecular Hbond substituents is 1. The van der Waals surface area contributed by atoms with Crippen LogP contribution in [0.25, 0.3) is 11.1 Å². The minimum Gasteiger partial charge on any atom is -0.508 e. The number of rotatable bonds is 7. The molecule has 3 aromatic carbocycles. The van der Waals surface area contributed by atoms with Crippen molar-refractivity contribution in [3.05, 3.63) is 89.0 Å². The fourth-order valence-corrected chi connectivity index (χ4v) is 6.51. The predicted octanol–water partition coefficient (Wildman–Crippen LogP) is 7.96. The van der Waals surface area contributed by atoms with E-state index in [9.17, 15) is 9.50 Å². The number of hydrogen-bond donors (Lipinski definition) is 1.